The van der Waals surface area contributed by atoms with Gasteiger partial charge in [-0.25, -0.2) is 4.79 Å². The Hall–Kier alpha value is -1.30. The van der Waals surface area contributed by atoms with Gasteiger partial charge in [0.2, 0.25) is 0 Å². The van der Waals surface area contributed by atoms with Gasteiger partial charge in [-0.15, -0.1) is 0 Å². The van der Waals surface area contributed by atoms with E-state index in [-0.39, 0.29) is 18.5 Å². The minimum Gasteiger partial charge on any atom is -0.323 e. The van der Waals surface area contributed by atoms with Gasteiger partial charge in [0.15, 0.2) is 0 Å². The fraction of sp³-hybridized carbons (Fsp3) is 0.429. The Morgan fingerprint density at radius 3 is 2.52 bits per heavy atom. The van der Waals surface area contributed by atoms with Crippen LogP contribution in [-0.2, 0) is 11.3 Å². The standard InChI is InChI=1S/C14H15Cl2N3O2/c15-10-2-1-9(7-11(10)16)8-19-12(20)14(18-13(19)21)3-5-17-6-4-14/h1-2,7,17H,3-6,8H2,(H,18,21). The van der Waals surface area contributed by atoms with E-state index < -0.39 is 5.54 Å². The summed E-state index contributed by atoms with van der Waals surface area (Å²) in [6.07, 6.45) is 1.24. The van der Waals surface area contributed by atoms with Gasteiger partial charge in [0, 0.05) is 0 Å². The van der Waals surface area contributed by atoms with Crippen LogP contribution in [0.4, 0.5) is 4.79 Å². The molecule has 1 spiro atoms. The first-order chi connectivity index (χ1) is 10.0. The Kier molecular flexibility index (Phi) is 3.82. The van der Waals surface area contributed by atoms with Crippen molar-refractivity contribution in [2.45, 2.75) is 24.9 Å². The second kappa shape index (κ2) is 5.48. The van der Waals surface area contributed by atoms with Crippen LogP contribution >= 0.6 is 23.2 Å². The molecule has 0 aromatic heterocycles. The fourth-order valence-corrected chi connectivity index (χ4v) is 3.15. The summed E-state index contributed by atoms with van der Waals surface area (Å²) in [7, 11) is 0. The van der Waals surface area contributed by atoms with E-state index in [1.807, 2.05) is 0 Å². The number of imide groups is 1. The quantitative estimate of drug-likeness (QED) is 0.818. The molecule has 3 rings (SSSR count). The number of nitrogens with one attached hydrogen (secondary N) is 2. The minimum atomic E-state index is -0.738. The van der Waals surface area contributed by atoms with Crippen LogP contribution in [0, 0.1) is 0 Å². The van der Waals surface area contributed by atoms with Crippen LogP contribution in [0.5, 0.6) is 0 Å². The minimum absolute atomic E-state index is 0.153. The molecule has 7 heteroatoms. The summed E-state index contributed by atoms with van der Waals surface area (Å²) in [4.78, 5) is 26.0. The van der Waals surface area contributed by atoms with Gasteiger partial charge in [0.1, 0.15) is 5.54 Å². The number of carbonyl (C=O) groups is 2. The van der Waals surface area contributed by atoms with E-state index in [9.17, 15) is 9.59 Å². The third-order valence-corrected chi connectivity index (χ3v) is 4.77. The number of urea groups is 1. The third-order valence-electron chi connectivity index (χ3n) is 4.03. The number of hydrogen-bond donors (Lipinski definition) is 2. The van der Waals surface area contributed by atoms with E-state index in [0.717, 1.165) is 18.7 Å². The van der Waals surface area contributed by atoms with Gasteiger partial charge in [0.25, 0.3) is 5.91 Å². The number of nitrogens with zero attached hydrogens (tertiary/aromatic N) is 1. The molecule has 2 N–H and O–H groups in total. The lowest BCUT2D eigenvalue weighted by atomic mass is 9.88. The molecule has 0 unspecified atom stereocenters. The van der Waals surface area contributed by atoms with Crippen LogP contribution in [0.15, 0.2) is 18.2 Å². The number of hydrogen-bond acceptors (Lipinski definition) is 3. The SMILES string of the molecule is O=C1NC2(CCNCC2)C(=O)N1Cc1ccc(Cl)c(Cl)c1. The van der Waals surface area contributed by atoms with Crippen molar-refractivity contribution in [2.75, 3.05) is 13.1 Å². The van der Waals surface area contributed by atoms with Gasteiger partial charge in [-0.05, 0) is 43.6 Å². The molecule has 0 saturated carbocycles. The van der Waals surface area contributed by atoms with E-state index >= 15 is 0 Å². The maximum Gasteiger partial charge on any atom is 0.325 e. The maximum atomic E-state index is 12.6. The zero-order chi connectivity index (χ0) is 15.0. The monoisotopic (exact) mass is 327 g/mol. The van der Waals surface area contributed by atoms with Gasteiger partial charge >= 0.3 is 6.03 Å². The second-order valence-corrected chi connectivity index (χ2v) is 6.22. The summed E-state index contributed by atoms with van der Waals surface area (Å²) >= 11 is 11.8. The molecule has 5 nitrogen and oxygen atoms in total. The van der Waals surface area contributed by atoms with E-state index in [1.165, 1.54) is 4.90 Å². The predicted molar refractivity (Wildman–Crippen MR) is 80.4 cm³/mol. The lowest BCUT2D eigenvalue weighted by Crippen LogP contribution is -2.53. The molecule has 2 aliphatic rings. The summed E-state index contributed by atoms with van der Waals surface area (Å²) < 4.78 is 0. The highest BCUT2D eigenvalue weighted by Crippen LogP contribution is 2.29. The van der Waals surface area contributed by atoms with Gasteiger partial charge in [-0.1, -0.05) is 29.3 Å². The smallest absolute Gasteiger partial charge is 0.323 e. The van der Waals surface area contributed by atoms with Crippen LogP contribution in [0.3, 0.4) is 0 Å². The molecule has 0 radical (unpaired) electrons. The van der Waals surface area contributed by atoms with Crippen LogP contribution < -0.4 is 10.6 Å². The highest BCUT2D eigenvalue weighted by molar-refractivity contribution is 6.42. The topological polar surface area (TPSA) is 61.4 Å². The number of piperidine rings is 1. The zero-order valence-corrected chi connectivity index (χ0v) is 12.8. The molecular weight excluding hydrogens is 313 g/mol. The van der Waals surface area contributed by atoms with Crippen molar-refractivity contribution < 1.29 is 9.59 Å². The molecule has 2 fully saturated rings. The Bertz CT molecular complexity index is 600. The molecule has 0 atom stereocenters. The normalized spacial score (nSPS) is 21.0. The second-order valence-electron chi connectivity index (χ2n) is 5.40. The van der Waals surface area contributed by atoms with Crippen molar-refractivity contribution >= 4 is 35.1 Å². The summed E-state index contributed by atoms with van der Waals surface area (Å²) in [5.74, 6) is -0.153. The maximum absolute atomic E-state index is 12.6. The lowest BCUT2D eigenvalue weighted by Gasteiger charge is -2.31. The van der Waals surface area contributed by atoms with Crippen LogP contribution in [0.1, 0.15) is 18.4 Å². The predicted octanol–water partition coefficient (Wildman–Crippen LogP) is 2.17. The Morgan fingerprint density at radius 1 is 1.14 bits per heavy atom. The van der Waals surface area contributed by atoms with Crippen molar-refractivity contribution in [2.24, 2.45) is 0 Å². The van der Waals surface area contributed by atoms with Crippen LogP contribution in [0.25, 0.3) is 0 Å². The summed E-state index contributed by atoms with van der Waals surface area (Å²) in [6, 6.07) is 4.77. The van der Waals surface area contributed by atoms with Crippen molar-refractivity contribution in [3.63, 3.8) is 0 Å². The molecule has 2 saturated heterocycles. The van der Waals surface area contributed by atoms with Crippen molar-refractivity contribution in [1.29, 1.82) is 0 Å². The Morgan fingerprint density at radius 2 is 1.86 bits per heavy atom. The van der Waals surface area contributed by atoms with Crippen LogP contribution in [-0.4, -0.2) is 35.5 Å². The Labute approximate surface area is 132 Å². The van der Waals surface area contributed by atoms with Gasteiger partial charge < -0.3 is 10.6 Å². The average molecular weight is 328 g/mol. The molecule has 0 aliphatic carbocycles. The number of benzene rings is 1. The number of amides is 3. The molecule has 112 valence electrons. The van der Waals surface area contributed by atoms with Gasteiger partial charge in [0.05, 0.1) is 16.6 Å². The molecule has 3 amide bonds. The van der Waals surface area contributed by atoms with Gasteiger partial charge in [-0.3, -0.25) is 9.69 Å². The number of halogens is 2. The first kappa shape index (κ1) is 14.6. The molecule has 2 heterocycles. The first-order valence-corrected chi connectivity index (χ1v) is 7.56. The van der Waals surface area contributed by atoms with E-state index in [0.29, 0.717) is 22.9 Å². The summed E-state index contributed by atoms with van der Waals surface area (Å²) in [5, 5.41) is 6.92. The van der Waals surface area contributed by atoms with Crippen molar-refractivity contribution in [3.05, 3.63) is 33.8 Å². The zero-order valence-electron chi connectivity index (χ0n) is 11.3. The highest BCUT2D eigenvalue weighted by atomic mass is 35.5. The molecule has 1 aromatic rings. The third kappa shape index (κ3) is 2.61. The molecule has 2 aliphatic heterocycles. The first-order valence-electron chi connectivity index (χ1n) is 6.81. The largest absolute Gasteiger partial charge is 0.325 e. The molecule has 21 heavy (non-hydrogen) atoms. The van der Waals surface area contributed by atoms with Crippen molar-refractivity contribution in [3.8, 4) is 0 Å². The average Bonchev–Trinajstić information content (AvgIpc) is 2.68. The van der Waals surface area contributed by atoms with Crippen LogP contribution in [0.2, 0.25) is 10.0 Å². The fourth-order valence-electron chi connectivity index (χ4n) is 2.83. The molecular formula is C14H15Cl2N3O2. The van der Waals surface area contributed by atoms with Crippen molar-refractivity contribution in [1.82, 2.24) is 15.5 Å². The lowest BCUT2D eigenvalue weighted by molar-refractivity contribution is -0.132. The molecule has 1 aromatic carbocycles. The number of rotatable bonds is 2. The number of carbonyl (C=O) groups excluding carboxylic acids is 2. The van der Waals surface area contributed by atoms with E-state index in [4.69, 9.17) is 23.2 Å². The molecule has 0 bridgehead atoms. The summed E-state index contributed by atoms with van der Waals surface area (Å²) in [5.41, 5.74) is 0.0392. The van der Waals surface area contributed by atoms with E-state index in [2.05, 4.69) is 10.6 Å². The highest BCUT2D eigenvalue weighted by Gasteiger charge is 2.51. The Balaban J connectivity index is 1.80. The van der Waals surface area contributed by atoms with Gasteiger partial charge in [-0.2, -0.15) is 0 Å². The summed E-state index contributed by atoms with van der Waals surface area (Å²) in [6.45, 7) is 1.66. The van der Waals surface area contributed by atoms with E-state index in [1.54, 1.807) is 18.2 Å².